The van der Waals surface area contributed by atoms with Crippen molar-refractivity contribution in [3.05, 3.63) is 28.7 Å². The Morgan fingerprint density at radius 2 is 2.05 bits per heavy atom. The molecule has 19 heavy (non-hydrogen) atoms. The van der Waals surface area contributed by atoms with Gasteiger partial charge in [-0.3, -0.25) is 4.90 Å². The van der Waals surface area contributed by atoms with Crippen LogP contribution in [-0.2, 0) is 9.84 Å². The molecule has 0 unspecified atom stereocenters. The molecule has 0 aromatic heterocycles. The van der Waals surface area contributed by atoms with Gasteiger partial charge in [0.2, 0.25) is 0 Å². The average molecular weight is 347 g/mol. The van der Waals surface area contributed by atoms with Crippen molar-refractivity contribution in [2.24, 2.45) is 0 Å². The van der Waals surface area contributed by atoms with E-state index >= 15 is 0 Å². The number of piperazine rings is 1. The summed E-state index contributed by atoms with van der Waals surface area (Å²) < 4.78 is 25.3. The maximum atomic E-state index is 12.2. The van der Waals surface area contributed by atoms with E-state index in [1.807, 2.05) is 0 Å². The monoisotopic (exact) mass is 346 g/mol. The number of benzene rings is 1. The first-order valence-electron chi connectivity index (χ1n) is 6.41. The molecule has 4 nitrogen and oxygen atoms in total. The van der Waals surface area contributed by atoms with Gasteiger partial charge < -0.3 is 5.32 Å². The van der Waals surface area contributed by atoms with Crippen molar-refractivity contribution in [1.29, 1.82) is 0 Å². The largest absolute Gasteiger partial charge is 0.312 e. The molecule has 0 aliphatic carbocycles. The molecule has 1 aliphatic heterocycles. The normalized spacial score (nSPS) is 21.5. The fourth-order valence-corrected chi connectivity index (χ4v) is 3.77. The van der Waals surface area contributed by atoms with Gasteiger partial charge in [-0.15, -0.1) is 0 Å². The maximum Gasteiger partial charge on any atom is 0.179 e. The molecule has 0 amide bonds. The second kappa shape index (κ2) is 6.35. The molecule has 1 saturated heterocycles. The molecule has 0 bridgehead atoms. The smallest absolute Gasteiger partial charge is 0.179 e. The molecule has 0 radical (unpaired) electrons. The van der Waals surface area contributed by atoms with Crippen LogP contribution in [0.2, 0.25) is 0 Å². The first-order chi connectivity index (χ1) is 8.97. The van der Waals surface area contributed by atoms with Crippen LogP contribution in [-0.4, -0.2) is 51.3 Å². The molecule has 1 N–H and O–H groups in total. The fourth-order valence-electron chi connectivity index (χ4n) is 2.22. The molecule has 0 spiro atoms. The number of hydrogen-bond donors (Lipinski definition) is 1. The van der Waals surface area contributed by atoms with Crippen molar-refractivity contribution in [2.75, 3.05) is 31.9 Å². The second-order valence-electron chi connectivity index (χ2n) is 4.93. The fraction of sp³-hybridized carbons (Fsp3) is 0.538. The minimum atomic E-state index is -3.18. The molecule has 0 saturated carbocycles. The van der Waals surface area contributed by atoms with Crippen LogP contribution in [0.5, 0.6) is 0 Å². The van der Waals surface area contributed by atoms with Crippen LogP contribution in [0, 0.1) is 0 Å². The molecule has 6 heteroatoms. The van der Waals surface area contributed by atoms with Gasteiger partial charge in [0.25, 0.3) is 0 Å². The van der Waals surface area contributed by atoms with Crippen LogP contribution in [0.4, 0.5) is 0 Å². The summed E-state index contributed by atoms with van der Waals surface area (Å²) in [6.07, 6.45) is 0. The van der Waals surface area contributed by atoms with Crippen molar-refractivity contribution < 1.29 is 8.42 Å². The van der Waals surface area contributed by atoms with E-state index in [0.29, 0.717) is 17.5 Å². The van der Waals surface area contributed by atoms with E-state index in [-0.39, 0.29) is 5.75 Å². The topological polar surface area (TPSA) is 49.4 Å². The zero-order valence-electron chi connectivity index (χ0n) is 11.0. The van der Waals surface area contributed by atoms with Gasteiger partial charge in [-0.05, 0) is 31.2 Å². The molecule has 1 aliphatic rings. The Bertz CT molecular complexity index is 516. The summed E-state index contributed by atoms with van der Waals surface area (Å²) in [7, 11) is -3.18. The lowest BCUT2D eigenvalue weighted by molar-refractivity contribution is 0.217. The molecule has 1 aromatic carbocycles. The highest BCUT2D eigenvalue weighted by atomic mass is 79.9. The van der Waals surface area contributed by atoms with Crippen molar-refractivity contribution >= 4 is 25.8 Å². The van der Waals surface area contributed by atoms with Crippen LogP contribution >= 0.6 is 15.9 Å². The summed E-state index contributed by atoms with van der Waals surface area (Å²) in [5.74, 6) is 0.182. The summed E-state index contributed by atoms with van der Waals surface area (Å²) in [5.41, 5.74) is 0. The van der Waals surface area contributed by atoms with Gasteiger partial charge in [-0.2, -0.15) is 0 Å². The molecule has 1 fully saturated rings. The Balaban J connectivity index is 1.96. The van der Waals surface area contributed by atoms with E-state index in [1.165, 1.54) is 0 Å². The van der Waals surface area contributed by atoms with Crippen molar-refractivity contribution in [1.82, 2.24) is 10.2 Å². The predicted molar refractivity (Wildman–Crippen MR) is 80.1 cm³/mol. The van der Waals surface area contributed by atoms with E-state index in [9.17, 15) is 8.42 Å². The number of nitrogens with zero attached hydrogens (tertiary/aromatic N) is 1. The lowest BCUT2D eigenvalue weighted by Crippen LogP contribution is -2.50. The van der Waals surface area contributed by atoms with Crippen LogP contribution in [0.3, 0.4) is 0 Å². The molecule has 1 aromatic rings. The van der Waals surface area contributed by atoms with Crippen LogP contribution in [0.25, 0.3) is 0 Å². The molecular formula is C13H19BrN2O2S. The molecule has 2 rings (SSSR count). The molecule has 1 heterocycles. The first-order valence-corrected chi connectivity index (χ1v) is 8.86. The summed E-state index contributed by atoms with van der Waals surface area (Å²) in [5, 5.41) is 3.35. The summed E-state index contributed by atoms with van der Waals surface area (Å²) in [6, 6.07) is 7.27. The minimum absolute atomic E-state index is 0.182. The number of nitrogens with one attached hydrogen (secondary N) is 1. The Labute approximate surface area is 123 Å². The van der Waals surface area contributed by atoms with E-state index in [4.69, 9.17) is 0 Å². The number of sulfone groups is 1. The highest BCUT2D eigenvalue weighted by Gasteiger charge is 2.19. The Hall–Kier alpha value is -0.430. The lowest BCUT2D eigenvalue weighted by Gasteiger charge is -2.31. The van der Waals surface area contributed by atoms with E-state index < -0.39 is 9.84 Å². The van der Waals surface area contributed by atoms with Crippen molar-refractivity contribution in [3.63, 3.8) is 0 Å². The zero-order valence-corrected chi connectivity index (χ0v) is 13.4. The number of halogens is 1. The first kappa shape index (κ1) is 15.0. The average Bonchev–Trinajstić information content (AvgIpc) is 2.37. The van der Waals surface area contributed by atoms with E-state index in [1.54, 1.807) is 24.3 Å². The standard InChI is InChI=1S/C13H19BrN2O2S/c1-11-10-16(7-6-15-11)8-9-19(17,18)13-4-2-12(14)3-5-13/h2-5,11,15H,6-10H2,1H3/t11-/m1/s1. The molecule has 1 atom stereocenters. The zero-order chi connectivity index (χ0) is 13.9. The van der Waals surface area contributed by atoms with Gasteiger partial charge in [0, 0.05) is 36.7 Å². The predicted octanol–water partition coefficient (Wildman–Crippen LogP) is 1.52. The minimum Gasteiger partial charge on any atom is -0.312 e. The maximum absolute atomic E-state index is 12.2. The Kier molecular flexibility index (Phi) is 5.00. The van der Waals surface area contributed by atoms with Gasteiger partial charge in [0.05, 0.1) is 10.6 Å². The highest BCUT2D eigenvalue weighted by molar-refractivity contribution is 9.10. The van der Waals surface area contributed by atoms with Gasteiger partial charge in [-0.1, -0.05) is 15.9 Å². The van der Waals surface area contributed by atoms with Crippen molar-refractivity contribution in [2.45, 2.75) is 17.9 Å². The van der Waals surface area contributed by atoms with Crippen molar-refractivity contribution in [3.8, 4) is 0 Å². The SMILES string of the molecule is C[C@@H]1CN(CCS(=O)(=O)c2ccc(Br)cc2)CCN1. The molecule has 106 valence electrons. The van der Waals surface area contributed by atoms with E-state index in [0.717, 1.165) is 24.1 Å². The third-order valence-corrected chi connectivity index (χ3v) is 5.54. The van der Waals surface area contributed by atoms with Crippen LogP contribution in [0.15, 0.2) is 33.6 Å². The van der Waals surface area contributed by atoms with Crippen LogP contribution < -0.4 is 5.32 Å². The Morgan fingerprint density at radius 3 is 2.68 bits per heavy atom. The summed E-state index contributed by atoms with van der Waals surface area (Å²) in [4.78, 5) is 2.61. The van der Waals surface area contributed by atoms with Gasteiger partial charge in [-0.25, -0.2) is 8.42 Å². The lowest BCUT2D eigenvalue weighted by atomic mass is 10.2. The second-order valence-corrected chi connectivity index (χ2v) is 7.95. The number of rotatable bonds is 4. The van der Waals surface area contributed by atoms with Gasteiger partial charge in [0.1, 0.15) is 0 Å². The third kappa shape index (κ3) is 4.27. The highest BCUT2D eigenvalue weighted by Crippen LogP contribution is 2.16. The van der Waals surface area contributed by atoms with Gasteiger partial charge in [0.15, 0.2) is 9.84 Å². The quantitative estimate of drug-likeness (QED) is 0.897. The summed E-state index contributed by atoms with van der Waals surface area (Å²) >= 11 is 3.31. The number of hydrogen-bond acceptors (Lipinski definition) is 4. The summed E-state index contributed by atoms with van der Waals surface area (Å²) in [6.45, 7) is 5.48. The van der Waals surface area contributed by atoms with Crippen LogP contribution in [0.1, 0.15) is 6.92 Å². The van der Waals surface area contributed by atoms with Gasteiger partial charge >= 0.3 is 0 Å². The van der Waals surface area contributed by atoms with E-state index in [2.05, 4.69) is 33.1 Å². The third-order valence-electron chi connectivity index (χ3n) is 3.30. The molecular weight excluding hydrogens is 328 g/mol. The Morgan fingerprint density at radius 1 is 1.37 bits per heavy atom.